The summed E-state index contributed by atoms with van der Waals surface area (Å²) in [5.74, 6) is 1.66. The number of likely N-dealkylation sites (tertiary alicyclic amines) is 1. The van der Waals surface area contributed by atoms with Gasteiger partial charge < -0.3 is 18.5 Å². The number of nitrogens with zero attached hydrogens (tertiary/aromatic N) is 1. The van der Waals surface area contributed by atoms with Crippen LogP contribution in [0.5, 0.6) is 5.75 Å². The van der Waals surface area contributed by atoms with Crippen molar-refractivity contribution in [1.82, 2.24) is 4.90 Å². The Morgan fingerprint density at radius 1 is 0.675 bits per heavy atom. The summed E-state index contributed by atoms with van der Waals surface area (Å²) in [5.41, 5.74) is 3.89. The van der Waals surface area contributed by atoms with E-state index in [4.69, 9.17) is 13.6 Å². The van der Waals surface area contributed by atoms with Crippen molar-refractivity contribution in [1.29, 1.82) is 0 Å². The van der Waals surface area contributed by atoms with Gasteiger partial charge in [0.05, 0.1) is 12.0 Å². The van der Waals surface area contributed by atoms with Gasteiger partial charge in [-0.2, -0.15) is 0 Å². The molecular weight excluding hydrogens is 498 g/mol. The Hall–Kier alpha value is -4.35. The van der Waals surface area contributed by atoms with E-state index >= 15 is 0 Å². The summed E-state index contributed by atoms with van der Waals surface area (Å²) in [4.78, 5) is 15.2. The lowest BCUT2D eigenvalue weighted by molar-refractivity contribution is 0.205. The molecular formula is C35H31NO4. The van der Waals surface area contributed by atoms with Crippen LogP contribution < -0.4 is 10.4 Å². The van der Waals surface area contributed by atoms with Gasteiger partial charge in [0, 0.05) is 34.5 Å². The van der Waals surface area contributed by atoms with E-state index < -0.39 is 0 Å². The molecule has 6 aromatic rings. The standard InChI is InChI=1S/C35H31NO4/c37-35-28-13-6-5-12-27(28)29-22-30-32(23-31(29)40-35)39-34(25-10-3-1-4-11-25)33(30)24-14-16-26(17-15-24)38-21-9-20-36-18-7-2-8-19-36/h1,3-6,10-17,22-23H,2,7-9,18-21H2. The minimum Gasteiger partial charge on any atom is -0.494 e. The maximum absolute atomic E-state index is 12.6. The molecule has 0 radical (unpaired) electrons. The maximum Gasteiger partial charge on any atom is 0.344 e. The smallest absolute Gasteiger partial charge is 0.344 e. The quantitative estimate of drug-likeness (QED) is 0.118. The molecule has 3 heterocycles. The average Bonchev–Trinajstić information content (AvgIpc) is 3.38. The van der Waals surface area contributed by atoms with Crippen molar-refractivity contribution in [3.8, 4) is 28.2 Å². The highest BCUT2D eigenvalue weighted by molar-refractivity contribution is 6.12. The summed E-state index contributed by atoms with van der Waals surface area (Å²) in [7, 11) is 0. The zero-order valence-electron chi connectivity index (χ0n) is 22.4. The Bertz CT molecular complexity index is 1840. The molecule has 0 atom stereocenters. The van der Waals surface area contributed by atoms with Crippen LogP contribution in [-0.2, 0) is 0 Å². The molecule has 1 saturated heterocycles. The normalized spacial score (nSPS) is 14.3. The van der Waals surface area contributed by atoms with Crippen LogP contribution in [0.4, 0.5) is 0 Å². The summed E-state index contributed by atoms with van der Waals surface area (Å²) >= 11 is 0. The van der Waals surface area contributed by atoms with Crippen molar-refractivity contribution in [3.05, 3.63) is 101 Å². The third kappa shape index (κ3) is 4.67. The topological polar surface area (TPSA) is 55.8 Å². The number of piperidine rings is 1. The number of rotatable bonds is 7. The molecule has 0 amide bonds. The van der Waals surface area contributed by atoms with Crippen LogP contribution in [0.3, 0.4) is 0 Å². The zero-order valence-corrected chi connectivity index (χ0v) is 22.4. The Labute approximate surface area is 232 Å². The molecule has 0 spiro atoms. The van der Waals surface area contributed by atoms with Crippen molar-refractivity contribution < 1.29 is 13.6 Å². The molecule has 2 aromatic heterocycles. The number of hydrogen-bond acceptors (Lipinski definition) is 5. The average molecular weight is 530 g/mol. The lowest BCUT2D eigenvalue weighted by Crippen LogP contribution is -2.31. The monoisotopic (exact) mass is 529 g/mol. The van der Waals surface area contributed by atoms with Crippen LogP contribution in [0, 0.1) is 0 Å². The van der Waals surface area contributed by atoms with Gasteiger partial charge in [0.25, 0.3) is 0 Å². The molecule has 1 aliphatic heterocycles. The first-order valence-corrected chi connectivity index (χ1v) is 14.2. The van der Waals surface area contributed by atoms with E-state index in [1.54, 1.807) is 0 Å². The second-order valence-corrected chi connectivity index (χ2v) is 10.6. The first-order chi connectivity index (χ1) is 19.7. The molecule has 7 rings (SSSR count). The molecule has 1 aliphatic rings. The van der Waals surface area contributed by atoms with Crippen LogP contribution in [0.15, 0.2) is 105 Å². The summed E-state index contributed by atoms with van der Waals surface area (Å²) < 4.78 is 18.3. The molecule has 0 N–H and O–H groups in total. The summed E-state index contributed by atoms with van der Waals surface area (Å²) in [6.45, 7) is 4.25. The molecule has 1 fully saturated rings. The molecule has 5 nitrogen and oxygen atoms in total. The number of fused-ring (bicyclic) bond motifs is 4. The summed E-state index contributed by atoms with van der Waals surface area (Å²) in [5, 5.41) is 3.31. The lowest BCUT2D eigenvalue weighted by atomic mass is 9.97. The Morgan fingerprint density at radius 2 is 1.40 bits per heavy atom. The first kappa shape index (κ1) is 24.7. The van der Waals surface area contributed by atoms with Gasteiger partial charge >= 0.3 is 5.63 Å². The van der Waals surface area contributed by atoms with Crippen molar-refractivity contribution >= 4 is 32.7 Å². The minimum atomic E-state index is -0.343. The van der Waals surface area contributed by atoms with Crippen molar-refractivity contribution in [2.75, 3.05) is 26.2 Å². The predicted molar refractivity (Wildman–Crippen MR) is 161 cm³/mol. The zero-order chi connectivity index (χ0) is 26.9. The van der Waals surface area contributed by atoms with Gasteiger partial charge in [0.1, 0.15) is 22.7 Å². The van der Waals surface area contributed by atoms with Crippen LogP contribution in [0.25, 0.3) is 55.2 Å². The van der Waals surface area contributed by atoms with Crippen molar-refractivity contribution in [2.45, 2.75) is 25.7 Å². The van der Waals surface area contributed by atoms with E-state index in [9.17, 15) is 4.79 Å². The molecule has 4 aromatic carbocycles. The molecule has 0 aliphatic carbocycles. The number of ether oxygens (including phenoxy) is 1. The molecule has 0 bridgehead atoms. The number of hydrogen-bond donors (Lipinski definition) is 0. The molecule has 200 valence electrons. The van der Waals surface area contributed by atoms with Crippen molar-refractivity contribution in [3.63, 3.8) is 0 Å². The van der Waals surface area contributed by atoms with Gasteiger partial charge in [-0.05, 0) is 67.6 Å². The largest absolute Gasteiger partial charge is 0.494 e. The SMILES string of the molecule is O=c1oc2cc3oc(-c4ccccc4)c(-c4ccc(OCCCN5CCCCC5)cc4)c3cc2c2ccccc12. The molecule has 0 unspecified atom stereocenters. The van der Waals surface area contributed by atoms with E-state index in [0.29, 0.717) is 23.2 Å². The summed E-state index contributed by atoms with van der Waals surface area (Å²) in [6.07, 6.45) is 5.02. The van der Waals surface area contributed by atoms with E-state index in [0.717, 1.165) is 57.3 Å². The fourth-order valence-corrected chi connectivity index (χ4v) is 5.93. The van der Waals surface area contributed by atoms with Gasteiger partial charge in [0.2, 0.25) is 0 Å². The second kappa shape index (κ2) is 10.7. The van der Waals surface area contributed by atoms with Gasteiger partial charge in [-0.1, -0.05) is 67.1 Å². The Morgan fingerprint density at radius 3 is 2.20 bits per heavy atom. The van der Waals surface area contributed by atoms with E-state index in [2.05, 4.69) is 35.2 Å². The van der Waals surface area contributed by atoms with Crippen LogP contribution in [-0.4, -0.2) is 31.1 Å². The Kier molecular flexibility index (Phi) is 6.58. The summed E-state index contributed by atoms with van der Waals surface area (Å²) in [6, 6.07) is 29.9. The first-order valence-electron chi connectivity index (χ1n) is 14.2. The van der Waals surface area contributed by atoms with Crippen molar-refractivity contribution in [2.24, 2.45) is 0 Å². The lowest BCUT2D eigenvalue weighted by Gasteiger charge is -2.26. The third-order valence-electron chi connectivity index (χ3n) is 7.95. The second-order valence-electron chi connectivity index (χ2n) is 10.6. The Balaban J connectivity index is 1.26. The number of furan rings is 1. The van der Waals surface area contributed by atoms with Gasteiger partial charge in [-0.15, -0.1) is 0 Å². The van der Waals surface area contributed by atoms with Crippen LogP contribution in [0.1, 0.15) is 25.7 Å². The predicted octanol–water partition coefficient (Wildman–Crippen LogP) is 8.28. The van der Waals surface area contributed by atoms with E-state index in [1.807, 2.05) is 60.7 Å². The fraction of sp³-hybridized carbons (Fsp3) is 0.229. The minimum absolute atomic E-state index is 0.343. The number of benzene rings is 4. The fourth-order valence-electron chi connectivity index (χ4n) is 5.93. The van der Waals surface area contributed by atoms with Crippen LogP contribution in [0.2, 0.25) is 0 Å². The highest BCUT2D eigenvalue weighted by atomic mass is 16.5. The maximum atomic E-state index is 12.6. The molecule has 40 heavy (non-hydrogen) atoms. The van der Waals surface area contributed by atoms with Gasteiger partial charge in [-0.25, -0.2) is 4.79 Å². The van der Waals surface area contributed by atoms with E-state index in [1.165, 1.54) is 32.4 Å². The highest BCUT2D eigenvalue weighted by Crippen LogP contribution is 2.43. The van der Waals surface area contributed by atoms with Gasteiger partial charge in [0.15, 0.2) is 0 Å². The van der Waals surface area contributed by atoms with E-state index in [-0.39, 0.29) is 5.63 Å². The molecule has 0 saturated carbocycles. The third-order valence-corrected chi connectivity index (χ3v) is 7.95. The molecule has 5 heteroatoms. The van der Waals surface area contributed by atoms with Crippen LogP contribution >= 0.6 is 0 Å². The highest BCUT2D eigenvalue weighted by Gasteiger charge is 2.20. The van der Waals surface area contributed by atoms with Gasteiger partial charge in [-0.3, -0.25) is 0 Å².